The van der Waals surface area contributed by atoms with Crippen LogP contribution in [0.3, 0.4) is 0 Å². The van der Waals surface area contributed by atoms with E-state index in [0.717, 1.165) is 17.1 Å². The molecule has 1 aromatic rings. The number of anilines is 1. The summed E-state index contributed by atoms with van der Waals surface area (Å²) in [7, 11) is 1.70. The van der Waals surface area contributed by atoms with Gasteiger partial charge in [-0.15, -0.1) is 11.8 Å². The van der Waals surface area contributed by atoms with E-state index in [0.29, 0.717) is 11.6 Å². The maximum Gasteiger partial charge on any atom is 0.305 e. The van der Waals surface area contributed by atoms with E-state index in [2.05, 4.69) is 19.2 Å². The van der Waals surface area contributed by atoms with Gasteiger partial charge in [0, 0.05) is 12.8 Å². The Hall–Kier alpha value is -1.23. The molecule has 0 bridgehead atoms. The maximum atomic E-state index is 11.1. The van der Waals surface area contributed by atoms with Crippen LogP contribution in [-0.2, 0) is 0 Å². The number of nitro groups is 1. The summed E-state index contributed by atoms with van der Waals surface area (Å²) in [4.78, 5) is 11.5. The predicted molar refractivity (Wildman–Crippen MR) is 72.8 cm³/mol. The number of nitrogens with one attached hydrogen (secondary N) is 1. The van der Waals surface area contributed by atoms with Gasteiger partial charge in [-0.25, -0.2) is 0 Å². The van der Waals surface area contributed by atoms with Gasteiger partial charge in [-0.05, 0) is 18.1 Å². The quantitative estimate of drug-likeness (QED) is 0.477. The molecule has 0 aliphatic heterocycles. The second-order valence-corrected chi connectivity index (χ2v) is 5.05. The van der Waals surface area contributed by atoms with Crippen molar-refractivity contribution < 1.29 is 4.92 Å². The lowest BCUT2D eigenvalue weighted by molar-refractivity contribution is -0.386. The van der Waals surface area contributed by atoms with Crippen molar-refractivity contribution in [3.05, 3.63) is 28.3 Å². The third kappa shape index (κ3) is 3.63. The molecule has 1 aromatic carbocycles. The first-order valence-electron chi connectivity index (χ1n) is 5.68. The molecule has 0 heterocycles. The lowest BCUT2D eigenvalue weighted by Gasteiger charge is -2.10. The fourth-order valence-electron chi connectivity index (χ4n) is 1.38. The van der Waals surface area contributed by atoms with Crippen molar-refractivity contribution in [1.82, 2.24) is 0 Å². The van der Waals surface area contributed by atoms with Gasteiger partial charge >= 0.3 is 5.69 Å². The number of thioether (sulfide) groups is 1. The zero-order chi connectivity index (χ0) is 12.8. The van der Waals surface area contributed by atoms with E-state index in [1.165, 1.54) is 0 Å². The monoisotopic (exact) mass is 254 g/mol. The molecule has 1 atom stereocenters. The van der Waals surface area contributed by atoms with Crippen LogP contribution in [0, 0.1) is 16.0 Å². The number of benzene rings is 1. The molecular weight excluding hydrogens is 236 g/mol. The standard InChI is InChI=1S/C12H18N2O2S/c1-4-9(2)8-17-11-7-5-6-10(13-3)12(11)14(15)16/h5-7,9,13H,4,8H2,1-3H3. The Kier molecular flexibility index (Phi) is 5.28. The molecule has 0 fully saturated rings. The number of hydrogen-bond acceptors (Lipinski definition) is 4. The van der Waals surface area contributed by atoms with Crippen LogP contribution in [0.5, 0.6) is 0 Å². The molecule has 1 N–H and O–H groups in total. The minimum Gasteiger partial charge on any atom is -0.383 e. The van der Waals surface area contributed by atoms with E-state index in [4.69, 9.17) is 0 Å². The third-order valence-corrected chi connectivity index (χ3v) is 4.05. The predicted octanol–water partition coefficient (Wildman–Crippen LogP) is 3.77. The summed E-state index contributed by atoms with van der Waals surface area (Å²) in [5, 5.41) is 13.9. The SMILES string of the molecule is CCC(C)CSc1cccc(NC)c1[N+](=O)[O-]. The number of hydrogen-bond donors (Lipinski definition) is 1. The van der Waals surface area contributed by atoms with Crippen LogP contribution in [0.4, 0.5) is 11.4 Å². The number of para-hydroxylation sites is 1. The first-order chi connectivity index (χ1) is 8.10. The van der Waals surface area contributed by atoms with Crippen LogP contribution in [0.15, 0.2) is 23.1 Å². The molecule has 1 unspecified atom stereocenters. The molecule has 94 valence electrons. The van der Waals surface area contributed by atoms with Gasteiger partial charge < -0.3 is 5.32 Å². The zero-order valence-corrected chi connectivity index (χ0v) is 11.2. The Morgan fingerprint density at radius 2 is 2.24 bits per heavy atom. The van der Waals surface area contributed by atoms with Crippen LogP contribution < -0.4 is 5.32 Å². The van der Waals surface area contributed by atoms with E-state index < -0.39 is 0 Å². The van der Waals surface area contributed by atoms with Crippen LogP contribution in [-0.4, -0.2) is 17.7 Å². The van der Waals surface area contributed by atoms with Gasteiger partial charge in [0.2, 0.25) is 0 Å². The number of nitro benzene ring substituents is 1. The average Bonchev–Trinajstić information content (AvgIpc) is 2.34. The summed E-state index contributed by atoms with van der Waals surface area (Å²) in [6, 6.07) is 5.38. The molecule has 0 aliphatic rings. The van der Waals surface area contributed by atoms with E-state index in [1.54, 1.807) is 24.9 Å². The van der Waals surface area contributed by atoms with E-state index in [-0.39, 0.29) is 10.6 Å². The van der Waals surface area contributed by atoms with Gasteiger partial charge in [0.05, 0.1) is 9.82 Å². The summed E-state index contributed by atoms with van der Waals surface area (Å²) < 4.78 is 0. The molecule has 0 saturated carbocycles. The molecular formula is C12H18N2O2S. The Morgan fingerprint density at radius 1 is 1.53 bits per heavy atom. The third-order valence-electron chi connectivity index (χ3n) is 2.67. The van der Waals surface area contributed by atoms with Crippen molar-refractivity contribution in [2.75, 3.05) is 18.1 Å². The summed E-state index contributed by atoms with van der Waals surface area (Å²) >= 11 is 1.56. The van der Waals surface area contributed by atoms with Gasteiger partial charge in [-0.1, -0.05) is 26.3 Å². The average molecular weight is 254 g/mol. The van der Waals surface area contributed by atoms with Crippen LogP contribution >= 0.6 is 11.8 Å². The Bertz CT molecular complexity index is 396. The highest BCUT2D eigenvalue weighted by molar-refractivity contribution is 7.99. The fraction of sp³-hybridized carbons (Fsp3) is 0.500. The normalized spacial score (nSPS) is 12.2. The van der Waals surface area contributed by atoms with Crippen LogP contribution in [0.25, 0.3) is 0 Å². The highest BCUT2D eigenvalue weighted by atomic mass is 32.2. The van der Waals surface area contributed by atoms with Gasteiger partial charge in [0.25, 0.3) is 0 Å². The van der Waals surface area contributed by atoms with E-state index in [9.17, 15) is 10.1 Å². The van der Waals surface area contributed by atoms with Crippen molar-refractivity contribution in [2.45, 2.75) is 25.2 Å². The Labute approximate surface area is 106 Å². The lowest BCUT2D eigenvalue weighted by Crippen LogP contribution is -2.00. The Morgan fingerprint density at radius 3 is 2.76 bits per heavy atom. The molecule has 0 radical (unpaired) electrons. The van der Waals surface area contributed by atoms with Crippen LogP contribution in [0.1, 0.15) is 20.3 Å². The molecule has 17 heavy (non-hydrogen) atoms. The maximum absolute atomic E-state index is 11.1. The molecule has 0 aromatic heterocycles. The van der Waals surface area contributed by atoms with Crippen molar-refractivity contribution >= 4 is 23.1 Å². The van der Waals surface area contributed by atoms with E-state index >= 15 is 0 Å². The second-order valence-electron chi connectivity index (χ2n) is 3.98. The van der Waals surface area contributed by atoms with E-state index in [1.807, 2.05) is 12.1 Å². The summed E-state index contributed by atoms with van der Waals surface area (Å²) in [6.07, 6.45) is 1.09. The molecule has 5 heteroatoms. The summed E-state index contributed by atoms with van der Waals surface area (Å²) in [5.74, 6) is 1.47. The smallest absolute Gasteiger partial charge is 0.305 e. The minimum atomic E-state index is -0.315. The number of rotatable bonds is 6. The largest absolute Gasteiger partial charge is 0.383 e. The lowest BCUT2D eigenvalue weighted by atomic mass is 10.2. The molecule has 0 amide bonds. The van der Waals surface area contributed by atoms with Crippen molar-refractivity contribution in [3.8, 4) is 0 Å². The van der Waals surface area contributed by atoms with Crippen LogP contribution in [0.2, 0.25) is 0 Å². The van der Waals surface area contributed by atoms with Crippen molar-refractivity contribution in [2.24, 2.45) is 5.92 Å². The summed E-state index contributed by atoms with van der Waals surface area (Å²) in [5.41, 5.74) is 0.757. The first kappa shape index (κ1) is 13.8. The summed E-state index contributed by atoms with van der Waals surface area (Å²) in [6.45, 7) is 4.28. The molecule has 0 aliphatic carbocycles. The van der Waals surface area contributed by atoms with Gasteiger partial charge in [0.15, 0.2) is 0 Å². The van der Waals surface area contributed by atoms with Gasteiger partial charge in [-0.3, -0.25) is 10.1 Å². The molecule has 1 rings (SSSR count). The van der Waals surface area contributed by atoms with Crippen molar-refractivity contribution in [1.29, 1.82) is 0 Å². The topological polar surface area (TPSA) is 55.2 Å². The van der Waals surface area contributed by atoms with Crippen molar-refractivity contribution in [3.63, 3.8) is 0 Å². The highest BCUT2D eigenvalue weighted by Gasteiger charge is 2.19. The highest BCUT2D eigenvalue weighted by Crippen LogP contribution is 2.36. The molecule has 4 nitrogen and oxygen atoms in total. The molecule has 0 saturated heterocycles. The zero-order valence-electron chi connectivity index (χ0n) is 10.4. The number of nitrogens with zero attached hydrogens (tertiary/aromatic N) is 1. The fourth-order valence-corrected chi connectivity index (χ4v) is 2.57. The van der Waals surface area contributed by atoms with Gasteiger partial charge in [0.1, 0.15) is 5.69 Å². The molecule has 0 spiro atoms. The Balaban J connectivity index is 2.94. The second kappa shape index (κ2) is 6.49. The first-order valence-corrected chi connectivity index (χ1v) is 6.66. The minimum absolute atomic E-state index is 0.184. The van der Waals surface area contributed by atoms with Gasteiger partial charge in [-0.2, -0.15) is 0 Å².